The molecule has 1 aliphatic carbocycles. The molecule has 0 unspecified atom stereocenters. The van der Waals surface area contributed by atoms with Gasteiger partial charge >= 0.3 is 0 Å². The second kappa shape index (κ2) is 5.00. The van der Waals surface area contributed by atoms with Crippen LogP contribution in [0.1, 0.15) is 27.0 Å². The maximum atomic E-state index is 12.3. The Morgan fingerprint density at radius 2 is 1.80 bits per heavy atom. The molecule has 0 heterocycles. The van der Waals surface area contributed by atoms with Gasteiger partial charge in [-0.25, -0.2) is 0 Å². The topological polar surface area (TPSA) is 55.1 Å². The molecule has 3 N–H and O–H groups in total. The predicted octanol–water partition coefficient (Wildman–Crippen LogP) is 2.47. The summed E-state index contributed by atoms with van der Waals surface area (Å²) in [4.78, 5) is 12.3. The number of nitrogens with one attached hydrogen (secondary N) is 1. The van der Waals surface area contributed by atoms with Crippen LogP contribution in [-0.2, 0) is 12.8 Å². The minimum Gasteiger partial charge on any atom is -0.399 e. The van der Waals surface area contributed by atoms with Gasteiger partial charge in [0, 0.05) is 17.3 Å². The number of carbonyl (C=O) groups excluding carboxylic acids is 1. The molecule has 0 spiro atoms. The van der Waals surface area contributed by atoms with Crippen LogP contribution < -0.4 is 11.1 Å². The van der Waals surface area contributed by atoms with Crippen molar-refractivity contribution in [2.45, 2.75) is 25.8 Å². The molecule has 1 amide bonds. The lowest BCUT2D eigenvalue weighted by Gasteiger charge is -2.12. The maximum absolute atomic E-state index is 12.3. The van der Waals surface area contributed by atoms with Gasteiger partial charge in [-0.2, -0.15) is 0 Å². The van der Waals surface area contributed by atoms with Crippen molar-refractivity contribution in [3.05, 3.63) is 64.7 Å². The van der Waals surface area contributed by atoms with E-state index in [1.807, 2.05) is 31.2 Å². The van der Waals surface area contributed by atoms with Gasteiger partial charge in [-0.3, -0.25) is 4.79 Å². The number of hydrogen-bond donors (Lipinski definition) is 2. The Bertz CT molecular complexity index is 619. The summed E-state index contributed by atoms with van der Waals surface area (Å²) in [6.07, 6.45) is 1.81. The molecule has 0 bridgehead atoms. The zero-order valence-corrected chi connectivity index (χ0v) is 11.5. The summed E-state index contributed by atoms with van der Waals surface area (Å²) in [5.74, 6) is -0.0433. The van der Waals surface area contributed by atoms with Crippen LogP contribution in [0.3, 0.4) is 0 Å². The second-order valence-electron chi connectivity index (χ2n) is 5.48. The molecular formula is C17H18N2O. The molecule has 2 aromatic rings. The predicted molar refractivity (Wildman–Crippen MR) is 80.7 cm³/mol. The average Bonchev–Trinajstić information content (AvgIpc) is 2.79. The highest BCUT2D eigenvalue weighted by molar-refractivity contribution is 5.95. The molecule has 0 fully saturated rings. The lowest BCUT2D eigenvalue weighted by molar-refractivity contribution is 0.0938. The molecule has 2 aromatic carbocycles. The highest BCUT2D eigenvalue weighted by Crippen LogP contribution is 2.22. The number of aryl methyl sites for hydroxylation is 1. The van der Waals surface area contributed by atoms with Crippen LogP contribution in [0, 0.1) is 6.92 Å². The molecule has 20 heavy (non-hydrogen) atoms. The van der Waals surface area contributed by atoms with E-state index >= 15 is 0 Å². The Kier molecular flexibility index (Phi) is 3.18. The van der Waals surface area contributed by atoms with Crippen LogP contribution in [0.25, 0.3) is 0 Å². The highest BCUT2D eigenvalue weighted by atomic mass is 16.1. The molecule has 102 valence electrons. The summed E-state index contributed by atoms with van der Waals surface area (Å²) < 4.78 is 0. The van der Waals surface area contributed by atoms with Gasteiger partial charge in [0.25, 0.3) is 5.91 Å². The smallest absolute Gasteiger partial charge is 0.251 e. The first-order chi connectivity index (χ1) is 9.61. The third-order valence-corrected chi connectivity index (χ3v) is 3.75. The molecule has 0 aliphatic heterocycles. The van der Waals surface area contributed by atoms with Crippen molar-refractivity contribution in [2.24, 2.45) is 0 Å². The normalized spacial score (nSPS) is 14.1. The summed E-state index contributed by atoms with van der Waals surface area (Å²) >= 11 is 0. The van der Waals surface area contributed by atoms with Gasteiger partial charge in [0.2, 0.25) is 0 Å². The van der Waals surface area contributed by atoms with Crippen molar-refractivity contribution >= 4 is 11.6 Å². The molecule has 0 aromatic heterocycles. The number of carbonyl (C=O) groups is 1. The van der Waals surface area contributed by atoms with Crippen molar-refractivity contribution in [1.29, 1.82) is 0 Å². The van der Waals surface area contributed by atoms with E-state index in [0.29, 0.717) is 11.3 Å². The Balaban J connectivity index is 1.72. The van der Waals surface area contributed by atoms with Gasteiger partial charge in [-0.15, -0.1) is 0 Å². The van der Waals surface area contributed by atoms with E-state index in [9.17, 15) is 4.79 Å². The first-order valence-electron chi connectivity index (χ1n) is 6.86. The fraction of sp³-hybridized carbons (Fsp3) is 0.235. The van der Waals surface area contributed by atoms with Crippen LogP contribution in [0.2, 0.25) is 0 Å². The van der Waals surface area contributed by atoms with Gasteiger partial charge < -0.3 is 11.1 Å². The average molecular weight is 266 g/mol. The van der Waals surface area contributed by atoms with E-state index in [2.05, 4.69) is 17.4 Å². The first kappa shape index (κ1) is 12.7. The third kappa shape index (κ3) is 2.52. The zero-order chi connectivity index (χ0) is 14.1. The number of anilines is 1. The molecule has 3 nitrogen and oxygen atoms in total. The highest BCUT2D eigenvalue weighted by Gasteiger charge is 2.22. The van der Waals surface area contributed by atoms with Crippen molar-refractivity contribution in [3.8, 4) is 0 Å². The summed E-state index contributed by atoms with van der Waals surface area (Å²) in [5.41, 5.74) is 10.7. The van der Waals surface area contributed by atoms with Crippen LogP contribution in [0.4, 0.5) is 5.69 Å². The quantitative estimate of drug-likeness (QED) is 0.820. The molecule has 3 heteroatoms. The van der Waals surface area contributed by atoms with Crippen molar-refractivity contribution in [1.82, 2.24) is 5.32 Å². The van der Waals surface area contributed by atoms with Gasteiger partial charge in [0.1, 0.15) is 0 Å². The number of rotatable bonds is 2. The lowest BCUT2D eigenvalue weighted by Crippen LogP contribution is -2.35. The summed E-state index contributed by atoms with van der Waals surface area (Å²) in [5, 5.41) is 3.10. The number of hydrogen-bond acceptors (Lipinski definition) is 2. The molecular weight excluding hydrogens is 248 g/mol. The SMILES string of the molecule is Cc1cc(N)cc(C(=O)NC2Cc3ccccc3C2)c1. The van der Waals surface area contributed by atoms with E-state index < -0.39 is 0 Å². The van der Waals surface area contributed by atoms with Crippen molar-refractivity contribution in [3.63, 3.8) is 0 Å². The summed E-state index contributed by atoms with van der Waals surface area (Å²) in [7, 11) is 0. The molecule has 0 radical (unpaired) electrons. The minimum absolute atomic E-state index is 0.0433. The number of nitrogens with two attached hydrogens (primary N) is 1. The van der Waals surface area contributed by atoms with E-state index in [1.54, 1.807) is 6.07 Å². The van der Waals surface area contributed by atoms with Crippen LogP contribution >= 0.6 is 0 Å². The maximum Gasteiger partial charge on any atom is 0.251 e. The Morgan fingerprint density at radius 1 is 1.15 bits per heavy atom. The second-order valence-corrected chi connectivity index (χ2v) is 5.48. The molecule has 0 saturated carbocycles. The standard InChI is InChI=1S/C17H18N2O/c1-11-6-14(8-15(18)7-11)17(20)19-16-9-12-4-2-3-5-13(12)10-16/h2-8,16H,9-10,18H2,1H3,(H,19,20). The van der Waals surface area contributed by atoms with E-state index in [0.717, 1.165) is 18.4 Å². The largest absolute Gasteiger partial charge is 0.399 e. The molecule has 0 atom stereocenters. The van der Waals surface area contributed by atoms with Crippen molar-refractivity contribution in [2.75, 3.05) is 5.73 Å². The fourth-order valence-electron chi connectivity index (χ4n) is 2.87. The summed E-state index contributed by atoms with van der Waals surface area (Å²) in [6, 6.07) is 14.0. The monoisotopic (exact) mass is 266 g/mol. The van der Waals surface area contributed by atoms with E-state index in [-0.39, 0.29) is 11.9 Å². The fourth-order valence-corrected chi connectivity index (χ4v) is 2.87. The number of fused-ring (bicyclic) bond motifs is 1. The Morgan fingerprint density at radius 3 is 2.40 bits per heavy atom. The third-order valence-electron chi connectivity index (χ3n) is 3.75. The Labute approximate surface area is 118 Å². The van der Waals surface area contributed by atoms with Gasteiger partial charge in [0.05, 0.1) is 0 Å². The van der Waals surface area contributed by atoms with Gasteiger partial charge in [-0.05, 0) is 54.7 Å². The number of amides is 1. The van der Waals surface area contributed by atoms with Crippen LogP contribution in [0.5, 0.6) is 0 Å². The van der Waals surface area contributed by atoms with E-state index in [4.69, 9.17) is 5.73 Å². The lowest BCUT2D eigenvalue weighted by atomic mass is 10.1. The zero-order valence-electron chi connectivity index (χ0n) is 11.5. The number of nitrogen functional groups attached to an aromatic ring is 1. The van der Waals surface area contributed by atoms with Crippen LogP contribution in [-0.4, -0.2) is 11.9 Å². The summed E-state index contributed by atoms with van der Waals surface area (Å²) in [6.45, 7) is 1.94. The van der Waals surface area contributed by atoms with Gasteiger partial charge in [-0.1, -0.05) is 24.3 Å². The van der Waals surface area contributed by atoms with Gasteiger partial charge in [0.15, 0.2) is 0 Å². The molecule has 1 aliphatic rings. The molecule has 0 saturated heterocycles. The Hall–Kier alpha value is -2.29. The molecule has 3 rings (SSSR count). The number of benzene rings is 2. The van der Waals surface area contributed by atoms with Crippen LogP contribution in [0.15, 0.2) is 42.5 Å². The van der Waals surface area contributed by atoms with E-state index in [1.165, 1.54) is 11.1 Å². The minimum atomic E-state index is -0.0433. The first-order valence-corrected chi connectivity index (χ1v) is 6.86. The van der Waals surface area contributed by atoms with Crippen molar-refractivity contribution < 1.29 is 4.79 Å².